The highest BCUT2D eigenvalue weighted by Gasteiger charge is 2.12. The van der Waals surface area contributed by atoms with Crippen molar-refractivity contribution in [3.05, 3.63) is 30.7 Å². The zero-order valence-electron chi connectivity index (χ0n) is 6.80. The van der Waals surface area contributed by atoms with Gasteiger partial charge in [0.1, 0.15) is 18.5 Å². The summed E-state index contributed by atoms with van der Waals surface area (Å²) in [6.45, 7) is 3.47. The molecule has 5 nitrogen and oxygen atoms in total. The van der Waals surface area contributed by atoms with Gasteiger partial charge in [-0.3, -0.25) is 0 Å². The summed E-state index contributed by atoms with van der Waals surface area (Å²) >= 11 is 0. The largest absolute Gasteiger partial charge is 0.493 e. The van der Waals surface area contributed by atoms with Gasteiger partial charge in [-0.25, -0.2) is 14.8 Å². The van der Waals surface area contributed by atoms with Crippen molar-refractivity contribution in [2.75, 3.05) is 6.61 Å². The Bertz CT molecular complexity index is 325. The molecule has 68 valence electrons. The molecular weight excluding hydrogens is 172 g/mol. The Kier molecular flexibility index (Phi) is 2.97. The molecule has 13 heavy (non-hydrogen) atoms. The molecular formula is C8H8N2O3. The molecule has 0 amide bonds. The third-order valence-electron chi connectivity index (χ3n) is 1.24. The maximum absolute atomic E-state index is 11.1. The van der Waals surface area contributed by atoms with Crippen LogP contribution in [0.3, 0.4) is 0 Å². The molecule has 0 spiro atoms. The standard InChI is InChI=1S/C8H8N2O3/c1-2-3-13-8(12)6-4-9-5-10-7(6)11/h2,4-5H,1,3H2,(H,9,10,11). The molecule has 0 fully saturated rings. The van der Waals surface area contributed by atoms with Crippen LogP contribution in [0.15, 0.2) is 25.2 Å². The van der Waals surface area contributed by atoms with Gasteiger partial charge in [-0.2, -0.15) is 0 Å². The zero-order chi connectivity index (χ0) is 9.68. The fourth-order valence-corrected chi connectivity index (χ4v) is 0.680. The Morgan fingerprint density at radius 3 is 3.15 bits per heavy atom. The molecule has 1 heterocycles. The second-order valence-corrected chi connectivity index (χ2v) is 2.15. The molecule has 0 aliphatic heterocycles. The maximum atomic E-state index is 11.1. The van der Waals surface area contributed by atoms with Crippen LogP contribution < -0.4 is 0 Å². The Morgan fingerprint density at radius 2 is 2.54 bits per heavy atom. The maximum Gasteiger partial charge on any atom is 0.345 e. The molecule has 0 bridgehead atoms. The number of rotatable bonds is 3. The minimum absolute atomic E-state index is 0.0515. The molecule has 5 heteroatoms. The Morgan fingerprint density at radius 1 is 1.77 bits per heavy atom. The van der Waals surface area contributed by atoms with Crippen molar-refractivity contribution in [3.8, 4) is 5.88 Å². The lowest BCUT2D eigenvalue weighted by Gasteiger charge is -2.01. The minimum atomic E-state index is -0.669. The van der Waals surface area contributed by atoms with Crippen molar-refractivity contribution >= 4 is 5.97 Å². The van der Waals surface area contributed by atoms with Gasteiger partial charge < -0.3 is 9.84 Å². The predicted octanol–water partition coefficient (Wildman–Crippen LogP) is 0.525. The van der Waals surface area contributed by atoms with Gasteiger partial charge in [-0.05, 0) is 0 Å². The molecule has 1 aromatic heterocycles. The van der Waals surface area contributed by atoms with E-state index in [0.717, 1.165) is 6.33 Å². The molecule has 1 aromatic rings. The number of esters is 1. The molecule has 0 aliphatic carbocycles. The van der Waals surface area contributed by atoms with Gasteiger partial charge in [0.25, 0.3) is 0 Å². The molecule has 1 rings (SSSR count). The van der Waals surface area contributed by atoms with E-state index in [0.29, 0.717) is 0 Å². The summed E-state index contributed by atoms with van der Waals surface area (Å²) in [5.74, 6) is -1.05. The molecule has 0 unspecified atom stereocenters. The van der Waals surface area contributed by atoms with Crippen molar-refractivity contribution in [2.45, 2.75) is 0 Å². The predicted molar refractivity (Wildman–Crippen MR) is 44.2 cm³/mol. The number of ether oxygens (including phenoxy) is 1. The van der Waals surface area contributed by atoms with Gasteiger partial charge in [0.15, 0.2) is 0 Å². The topological polar surface area (TPSA) is 72.3 Å². The lowest BCUT2D eigenvalue weighted by atomic mass is 10.3. The summed E-state index contributed by atoms with van der Waals surface area (Å²) in [7, 11) is 0. The van der Waals surface area contributed by atoms with Gasteiger partial charge in [-0.15, -0.1) is 0 Å². The van der Waals surface area contributed by atoms with E-state index >= 15 is 0 Å². The lowest BCUT2D eigenvalue weighted by molar-refractivity contribution is 0.0545. The molecule has 0 aliphatic rings. The molecule has 0 atom stereocenters. The van der Waals surface area contributed by atoms with Crippen molar-refractivity contribution < 1.29 is 14.6 Å². The first-order chi connectivity index (χ1) is 6.25. The summed E-state index contributed by atoms with van der Waals surface area (Å²) in [4.78, 5) is 18.1. The van der Waals surface area contributed by atoms with Gasteiger partial charge in [-0.1, -0.05) is 12.7 Å². The third-order valence-corrected chi connectivity index (χ3v) is 1.24. The normalized spacial score (nSPS) is 9.23. The van der Waals surface area contributed by atoms with Crippen LogP contribution in [0.1, 0.15) is 10.4 Å². The second-order valence-electron chi connectivity index (χ2n) is 2.15. The van der Waals surface area contributed by atoms with E-state index in [9.17, 15) is 4.79 Å². The summed E-state index contributed by atoms with van der Waals surface area (Å²) in [5.41, 5.74) is -0.0515. The average Bonchev–Trinajstić information content (AvgIpc) is 2.15. The van der Waals surface area contributed by atoms with E-state index in [-0.39, 0.29) is 18.1 Å². The highest BCUT2D eigenvalue weighted by molar-refractivity contribution is 5.91. The molecule has 1 N–H and O–H groups in total. The number of hydrogen-bond acceptors (Lipinski definition) is 5. The van der Waals surface area contributed by atoms with Gasteiger partial charge >= 0.3 is 5.97 Å². The van der Waals surface area contributed by atoms with Crippen LogP contribution in [0.25, 0.3) is 0 Å². The number of aromatic nitrogens is 2. The van der Waals surface area contributed by atoms with E-state index in [1.165, 1.54) is 12.3 Å². The van der Waals surface area contributed by atoms with Gasteiger partial charge in [0.2, 0.25) is 5.88 Å². The van der Waals surface area contributed by atoms with Crippen LogP contribution in [0.5, 0.6) is 5.88 Å². The van der Waals surface area contributed by atoms with E-state index in [1.807, 2.05) is 0 Å². The summed E-state index contributed by atoms with van der Waals surface area (Å²) in [5, 5.41) is 9.10. The molecule has 0 saturated carbocycles. The zero-order valence-corrected chi connectivity index (χ0v) is 6.80. The first-order valence-corrected chi connectivity index (χ1v) is 3.52. The second kappa shape index (κ2) is 4.20. The fourth-order valence-electron chi connectivity index (χ4n) is 0.680. The average molecular weight is 180 g/mol. The van der Waals surface area contributed by atoms with Crippen LogP contribution >= 0.6 is 0 Å². The lowest BCUT2D eigenvalue weighted by Crippen LogP contribution is -2.06. The van der Waals surface area contributed by atoms with E-state index in [4.69, 9.17) is 5.11 Å². The number of nitrogens with zero attached hydrogens (tertiary/aromatic N) is 2. The van der Waals surface area contributed by atoms with Crippen molar-refractivity contribution in [3.63, 3.8) is 0 Å². The Balaban J connectivity index is 2.76. The first-order valence-electron chi connectivity index (χ1n) is 3.52. The van der Waals surface area contributed by atoms with E-state index in [2.05, 4.69) is 21.3 Å². The molecule has 0 radical (unpaired) electrons. The van der Waals surface area contributed by atoms with E-state index < -0.39 is 5.97 Å². The third kappa shape index (κ3) is 2.26. The Labute approximate surface area is 74.7 Å². The summed E-state index contributed by atoms with van der Waals surface area (Å²) in [6.07, 6.45) is 3.76. The van der Waals surface area contributed by atoms with Crippen LogP contribution in [-0.2, 0) is 4.74 Å². The van der Waals surface area contributed by atoms with Crippen molar-refractivity contribution in [1.29, 1.82) is 0 Å². The smallest absolute Gasteiger partial charge is 0.345 e. The number of carbonyl (C=O) groups excluding carboxylic acids is 1. The van der Waals surface area contributed by atoms with Crippen molar-refractivity contribution in [1.82, 2.24) is 9.97 Å². The van der Waals surface area contributed by atoms with Gasteiger partial charge in [0, 0.05) is 6.20 Å². The number of aromatic hydroxyl groups is 1. The van der Waals surface area contributed by atoms with Crippen molar-refractivity contribution in [2.24, 2.45) is 0 Å². The molecule has 0 aromatic carbocycles. The fraction of sp³-hybridized carbons (Fsp3) is 0.125. The van der Waals surface area contributed by atoms with E-state index in [1.54, 1.807) is 0 Å². The highest BCUT2D eigenvalue weighted by Crippen LogP contribution is 2.11. The quantitative estimate of drug-likeness (QED) is 0.542. The minimum Gasteiger partial charge on any atom is -0.493 e. The Hall–Kier alpha value is -1.91. The molecule has 0 saturated heterocycles. The first kappa shape index (κ1) is 9.18. The number of carbonyl (C=O) groups is 1. The van der Waals surface area contributed by atoms with Crippen LogP contribution in [0.2, 0.25) is 0 Å². The SMILES string of the molecule is C=CCOC(=O)c1cncnc1O. The van der Waals surface area contributed by atoms with Crippen LogP contribution in [0, 0.1) is 0 Å². The van der Waals surface area contributed by atoms with Crippen LogP contribution in [0.4, 0.5) is 0 Å². The summed E-state index contributed by atoms with van der Waals surface area (Å²) < 4.78 is 4.66. The van der Waals surface area contributed by atoms with Gasteiger partial charge in [0.05, 0.1) is 0 Å². The summed E-state index contributed by atoms with van der Waals surface area (Å²) in [6, 6.07) is 0. The van der Waals surface area contributed by atoms with Crippen LogP contribution in [-0.4, -0.2) is 27.7 Å². The number of hydrogen-bond donors (Lipinski definition) is 1. The monoisotopic (exact) mass is 180 g/mol. The highest BCUT2D eigenvalue weighted by atomic mass is 16.5.